The Hall–Kier alpha value is -6.37. The largest absolute Gasteiger partial charge is 0.508 e. The minimum absolute atomic E-state index is 0.0628. The number of methoxy groups -OCH3 is 1. The normalized spacial score (nSPS) is 25.3. The number of anilines is 1. The second kappa shape index (κ2) is 15.5. The number of nitrogens with one attached hydrogen (secondary N) is 1. The van der Waals surface area contributed by atoms with Gasteiger partial charge in [0.1, 0.15) is 29.1 Å². The van der Waals surface area contributed by atoms with Crippen LogP contribution in [0.25, 0.3) is 0 Å². The fourth-order valence-corrected chi connectivity index (χ4v) is 9.79. The average molecular weight is 772 g/mol. The molecule has 2 amide bonds. The van der Waals surface area contributed by atoms with Crippen LogP contribution in [0.1, 0.15) is 83.7 Å². The molecule has 0 aromatic heterocycles. The Morgan fingerprint density at radius 2 is 1.36 bits per heavy atom. The highest BCUT2D eigenvalue weighted by Crippen LogP contribution is 2.65. The van der Waals surface area contributed by atoms with E-state index >= 15 is 14.4 Å². The van der Waals surface area contributed by atoms with Gasteiger partial charge in [-0.15, -0.1) is 0 Å². The smallest absolute Gasteiger partial charge is 0.324 e. The molecule has 0 radical (unpaired) electrons. The summed E-state index contributed by atoms with van der Waals surface area (Å²) in [5, 5.41) is 13.8. The lowest BCUT2D eigenvalue weighted by Gasteiger charge is -2.46. The van der Waals surface area contributed by atoms with Crippen molar-refractivity contribution in [2.24, 2.45) is 5.92 Å². The number of fused-ring (bicyclic) bond motifs is 3. The molecule has 0 bridgehead atoms. The molecule has 2 N–H and O–H groups in total. The number of cyclic esters (lactones) is 1. The van der Waals surface area contributed by atoms with E-state index in [9.17, 15) is 5.11 Å². The summed E-state index contributed by atoms with van der Waals surface area (Å²) in [6, 6.07) is 36.9. The molecule has 1 spiro atoms. The number of hydrogen-bond donors (Lipinski definition) is 2. The molecule has 4 heterocycles. The van der Waals surface area contributed by atoms with Gasteiger partial charge in [-0.1, -0.05) is 104 Å². The van der Waals surface area contributed by atoms with Crippen molar-refractivity contribution in [3.63, 3.8) is 0 Å². The molecule has 3 saturated heterocycles. The molecular weight excluding hydrogens is 727 g/mol. The lowest BCUT2D eigenvalue weighted by molar-refractivity contribution is -0.179. The number of carbonyl (C=O) groups excluding carboxylic acids is 3. The molecule has 9 nitrogen and oxygen atoms in total. The molecule has 58 heavy (non-hydrogen) atoms. The first-order valence-electron chi connectivity index (χ1n) is 20.2. The number of ether oxygens (including phenoxy) is 2. The summed E-state index contributed by atoms with van der Waals surface area (Å²) in [7, 11) is 1.62. The highest BCUT2D eigenvalue weighted by atomic mass is 16.6. The van der Waals surface area contributed by atoms with Crippen LogP contribution in [0, 0.1) is 17.8 Å². The molecule has 3 fully saturated rings. The van der Waals surface area contributed by atoms with Gasteiger partial charge in [0.25, 0.3) is 0 Å². The first kappa shape index (κ1) is 37.2. The van der Waals surface area contributed by atoms with E-state index in [-0.39, 0.29) is 17.6 Å². The second-order valence-electron chi connectivity index (χ2n) is 15.6. The summed E-state index contributed by atoms with van der Waals surface area (Å²) in [6.07, 6.45) is 4.02. The van der Waals surface area contributed by atoms with Crippen molar-refractivity contribution in [2.75, 3.05) is 25.5 Å². The van der Waals surface area contributed by atoms with Gasteiger partial charge in [0.15, 0.2) is 0 Å². The summed E-state index contributed by atoms with van der Waals surface area (Å²) in [5.41, 5.74) is 3.37. The lowest BCUT2D eigenvalue weighted by atomic mass is 9.65. The van der Waals surface area contributed by atoms with Crippen molar-refractivity contribution in [3.8, 4) is 23.3 Å². The van der Waals surface area contributed by atoms with Gasteiger partial charge in [-0.25, -0.2) is 0 Å². The van der Waals surface area contributed by atoms with E-state index in [4.69, 9.17) is 9.47 Å². The van der Waals surface area contributed by atoms with Crippen molar-refractivity contribution >= 4 is 23.5 Å². The number of amides is 2. The monoisotopic (exact) mass is 771 g/mol. The molecular formula is C49H45N3O6. The van der Waals surface area contributed by atoms with E-state index in [2.05, 4.69) is 22.1 Å². The molecule has 292 valence electrons. The summed E-state index contributed by atoms with van der Waals surface area (Å²) < 4.78 is 11.9. The van der Waals surface area contributed by atoms with Crippen LogP contribution < -0.4 is 10.1 Å². The van der Waals surface area contributed by atoms with E-state index in [1.54, 1.807) is 31.4 Å². The van der Waals surface area contributed by atoms with Crippen molar-refractivity contribution in [2.45, 2.75) is 61.7 Å². The topological polar surface area (TPSA) is 108 Å². The molecule has 4 aliphatic rings. The third-order valence-corrected chi connectivity index (χ3v) is 12.4. The van der Waals surface area contributed by atoms with Crippen LogP contribution in [0.4, 0.5) is 5.69 Å². The van der Waals surface area contributed by atoms with Crippen molar-refractivity contribution < 1.29 is 29.0 Å². The van der Waals surface area contributed by atoms with Gasteiger partial charge < -0.3 is 24.8 Å². The first-order valence-corrected chi connectivity index (χ1v) is 20.2. The Morgan fingerprint density at radius 1 is 0.741 bits per heavy atom. The maximum absolute atomic E-state index is 15.7. The van der Waals surface area contributed by atoms with Crippen LogP contribution in [0.15, 0.2) is 127 Å². The van der Waals surface area contributed by atoms with Crippen LogP contribution in [0.5, 0.6) is 11.5 Å². The van der Waals surface area contributed by atoms with Crippen molar-refractivity contribution in [1.82, 2.24) is 9.80 Å². The van der Waals surface area contributed by atoms with Crippen LogP contribution in [-0.2, 0) is 24.5 Å². The third kappa shape index (κ3) is 6.38. The highest BCUT2D eigenvalue weighted by molar-refractivity contribution is 6.12. The number of rotatable bonds is 5. The zero-order chi connectivity index (χ0) is 39.8. The minimum atomic E-state index is -1.61. The van der Waals surface area contributed by atoms with Gasteiger partial charge in [-0.05, 0) is 89.7 Å². The molecule has 0 unspecified atom stereocenters. The maximum atomic E-state index is 15.7. The quantitative estimate of drug-likeness (QED) is 0.138. The van der Waals surface area contributed by atoms with Crippen LogP contribution in [0.3, 0.4) is 0 Å². The Bertz CT molecular complexity index is 2380. The summed E-state index contributed by atoms with van der Waals surface area (Å²) in [5.74, 6) is 5.03. The van der Waals surface area contributed by atoms with Crippen LogP contribution in [-0.4, -0.2) is 58.9 Å². The lowest BCUT2D eigenvalue weighted by Crippen LogP contribution is -2.55. The van der Waals surface area contributed by atoms with Gasteiger partial charge in [-0.3, -0.25) is 19.3 Å². The van der Waals surface area contributed by atoms with Crippen molar-refractivity contribution in [1.29, 1.82) is 0 Å². The highest BCUT2D eigenvalue weighted by Gasteiger charge is 2.74. The van der Waals surface area contributed by atoms with Crippen LogP contribution >= 0.6 is 0 Å². The number of esters is 1. The Morgan fingerprint density at radius 3 is 2.03 bits per heavy atom. The predicted molar refractivity (Wildman–Crippen MR) is 220 cm³/mol. The number of phenolic OH excluding ortho intramolecular Hbond substituents is 1. The molecule has 5 aromatic carbocycles. The number of morpholine rings is 1. The zero-order valence-electron chi connectivity index (χ0n) is 32.3. The van der Waals surface area contributed by atoms with Gasteiger partial charge in [0, 0.05) is 29.9 Å². The second-order valence-corrected chi connectivity index (χ2v) is 15.6. The SMILES string of the molecule is COc1ccc(C#Cc2ccc3c(c2)[C@]2(C(=O)N3)[C@H](C(=O)N3CCCCCCC3)[C@H]3C(=O)O[C@H](c4ccccc4)[C@H](c4ccccc4)N3[C@@H]2c2ccc(O)cc2)cc1. The first-order chi connectivity index (χ1) is 28.4. The summed E-state index contributed by atoms with van der Waals surface area (Å²) in [4.78, 5) is 50.2. The van der Waals surface area contributed by atoms with E-state index in [1.807, 2.05) is 108 Å². The molecule has 6 atom stereocenters. The molecule has 9 heteroatoms. The molecule has 0 saturated carbocycles. The molecule has 5 aromatic rings. The van der Waals surface area contributed by atoms with E-state index in [1.165, 1.54) is 0 Å². The van der Waals surface area contributed by atoms with E-state index in [0.717, 1.165) is 54.5 Å². The number of phenols is 1. The summed E-state index contributed by atoms with van der Waals surface area (Å²) >= 11 is 0. The molecule has 9 rings (SSSR count). The Balaban J connectivity index is 1.30. The number of aromatic hydroxyl groups is 1. The van der Waals surface area contributed by atoms with Crippen molar-refractivity contribution in [3.05, 3.63) is 161 Å². The number of hydrogen-bond acceptors (Lipinski definition) is 7. The Labute approximate surface area is 338 Å². The molecule has 0 aliphatic carbocycles. The van der Waals surface area contributed by atoms with E-state index in [0.29, 0.717) is 35.5 Å². The fraction of sp³-hybridized carbons (Fsp3) is 0.286. The minimum Gasteiger partial charge on any atom is -0.508 e. The molecule has 4 aliphatic heterocycles. The maximum Gasteiger partial charge on any atom is 0.324 e. The fourth-order valence-electron chi connectivity index (χ4n) is 9.79. The van der Waals surface area contributed by atoms with Gasteiger partial charge in [-0.2, -0.15) is 0 Å². The number of likely N-dealkylation sites (tertiary alicyclic amines) is 1. The predicted octanol–water partition coefficient (Wildman–Crippen LogP) is 7.86. The van der Waals surface area contributed by atoms with Gasteiger partial charge >= 0.3 is 5.97 Å². The van der Waals surface area contributed by atoms with Crippen LogP contribution in [0.2, 0.25) is 0 Å². The Kier molecular flexibility index (Phi) is 9.96. The standard InChI is InChI=1S/C49H45N3O6/c1-57-38-26-19-32(20-27-38)17-18-33-21-28-40-39(31-33)49(48(56)50-40)41(46(54)51-29-11-3-2-4-12-30-51)43-47(55)58-44(35-15-9-6-10-16-35)42(34-13-7-5-8-14-34)52(43)45(49)36-22-24-37(53)25-23-36/h5-10,13-16,19-28,31,41-45,53H,2-4,11-12,29-30H2,1H3,(H,50,56)/t41-,42-,43-,44+,45+,49-/m0/s1. The van der Waals surface area contributed by atoms with E-state index < -0.39 is 41.5 Å². The number of carbonyl (C=O) groups is 3. The third-order valence-electron chi connectivity index (χ3n) is 12.4. The number of benzene rings is 5. The van der Waals surface area contributed by atoms with Gasteiger partial charge in [0.05, 0.1) is 25.1 Å². The van der Waals surface area contributed by atoms with Gasteiger partial charge in [0.2, 0.25) is 11.8 Å². The number of nitrogens with zero attached hydrogens (tertiary/aromatic N) is 2. The zero-order valence-corrected chi connectivity index (χ0v) is 32.3. The summed E-state index contributed by atoms with van der Waals surface area (Å²) in [6.45, 7) is 1.07. The average Bonchev–Trinajstić information content (AvgIpc) is 3.72.